The van der Waals surface area contributed by atoms with E-state index in [1.807, 2.05) is 6.07 Å². The van der Waals surface area contributed by atoms with Crippen LogP contribution in [-0.4, -0.2) is 29.5 Å². The maximum Gasteiger partial charge on any atom is 0.321 e. The fourth-order valence-electron chi connectivity index (χ4n) is 1.07. The van der Waals surface area contributed by atoms with Gasteiger partial charge in [0, 0.05) is 7.11 Å². The van der Waals surface area contributed by atoms with Crippen LogP contribution in [0.1, 0.15) is 12.7 Å². The Morgan fingerprint density at radius 3 is 2.93 bits per heavy atom. The highest BCUT2D eigenvalue weighted by Crippen LogP contribution is 2.29. The van der Waals surface area contributed by atoms with E-state index in [0.717, 1.165) is 5.76 Å². The van der Waals surface area contributed by atoms with Crippen molar-refractivity contribution >= 4 is 17.7 Å². The van der Waals surface area contributed by atoms with Crippen LogP contribution in [0.5, 0.6) is 0 Å². The first-order chi connectivity index (χ1) is 7.08. The van der Waals surface area contributed by atoms with Gasteiger partial charge in [-0.2, -0.15) is 0 Å². The second-order valence-corrected chi connectivity index (χ2v) is 4.82. The molecule has 0 aliphatic heterocycles. The normalized spacial score (nSPS) is 14.8. The van der Waals surface area contributed by atoms with E-state index >= 15 is 0 Å². The molecule has 1 N–H and O–H groups in total. The number of hydrogen-bond donors (Lipinski definition) is 1. The third kappa shape index (κ3) is 3.28. The number of carboxylic acids is 1. The number of furan rings is 1. The van der Waals surface area contributed by atoms with E-state index in [4.69, 9.17) is 14.3 Å². The Balaban J connectivity index is 2.56. The van der Waals surface area contributed by atoms with Crippen LogP contribution in [0.15, 0.2) is 22.8 Å². The van der Waals surface area contributed by atoms with E-state index in [0.29, 0.717) is 5.75 Å². The van der Waals surface area contributed by atoms with Gasteiger partial charge in [0.05, 0.1) is 18.6 Å². The molecule has 5 heteroatoms. The highest BCUT2D eigenvalue weighted by Gasteiger charge is 2.34. The molecule has 0 radical (unpaired) electrons. The lowest BCUT2D eigenvalue weighted by atomic mass is 10.2. The molecular formula is C10H14O4S. The molecular weight excluding hydrogens is 216 g/mol. The molecule has 1 aromatic rings. The Bertz CT molecular complexity index is 309. The van der Waals surface area contributed by atoms with Gasteiger partial charge in [-0.3, -0.25) is 4.79 Å². The predicted molar refractivity (Wildman–Crippen MR) is 57.9 cm³/mol. The minimum Gasteiger partial charge on any atom is -0.480 e. The van der Waals surface area contributed by atoms with Gasteiger partial charge < -0.3 is 14.3 Å². The maximum absolute atomic E-state index is 11.0. The molecule has 0 aliphatic rings. The number of carboxylic acid groups (broad SMARTS) is 1. The summed E-state index contributed by atoms with van der Waals surface area (Å²) in [4.78, 5) is 11.0. The van der Waals surface area contributed by atoms with E-state index in [1.165, 1.54) is 18.9 Å². The summed E-state index contributed by atoms with van der Waals surface area (Å²) in [5, 5.41) is 9.06. The fraction of sp³-hybridized carbons (Fsp3) is 0.500. The first-order valence-electron chi connectivity index (χ1n) is 4.47. The lowest BCUT2D eigenvalue weighted by Gasteiger charge is -2.22. The summed E-state index contributed by atoms with van der Waals surface area (Å²) in [7, 11) is 1.49. The first kappa shape index (κ1) is 12.1. The summed E-state index contributed by atoms with van der Waals surface area (Å²) >= 11 is 1.30. The van der Waals surface area contributed by atoms with E-state index in [2.05, 4.69) is 0 Å². The van der Waals surface area contributed by atoms with Crippen LogP contribution in [0.2, 0.25) is 0 Å². The van der Waals surface area contributed by atoms with E-state index in [1.54, 1.807) is 19.3 Å². The molecule has 0 spiro atoms. The minimum atomic E-state index is -0.929. The lowest BCUT2D eigenvalue weighted by molar-refractivity contribution is -0.140. The van der Waals surface area contributed by atoms with Crippen LogP contribution in [0.4, 0.5) is 0 Å². The van der Waals surface area contributed by atoms with E-state index < -0.39 is 10.7 Å². The third-order valence-electron chi connectivity index (χ3n) is 1.99. The zero-order valence-electron chi connectivity index (χ0n) is 8.73. The van der Waals surface area contributed by atoms with Gasteiger partial charge in [-0.25, -0.2) is 0 Å². The number of rotatable bonds is 6. The summed E-state index contributed by atoms with van der Waals surface area (Å²) in [5.74, 6) is 0.420. The number of thioether (sulfide) groups is 1. The number of aliphatic carboxylic acids is 1. The summed E-state index contributed by atoms with van der Waals surface area (Å²) in [5.41, 5.74) is 0. The van der Waals surface area contributed by atoms with Gasteiger partial charge >= 0.3 is 5.97 Å². The van der Waals surface area contributed by atoms with E-state index in [9.17, 15) is 4.79 Å². The summed E-state index contributed by atoms with van der Waals surface area (Å²) in [6.07, 6.45) is 1.57. The van der Waals surface area contributed by atoms with Gasteiger partial charge in [0.2, 0.25) is 0 Å². The van der Waals surface area contributed by atoms with Crippen LogP contribution >= 0.6 is 11.8 Å². The Kier molecular flexibility index (Phi) is 4.23. The first-order valence-corrected chi connectivity index (χ1v) is 5.46. The van der Waals surface area contributed by atoms with Crippen molar-refractivity contribution in [1.29, 1.82) is 0 Å². The van der Waals surface area contributed by atoms with Crippen molar-refractivity contribution in [3.8, 4) is 0 Å². The second kappa shape index (κ2) is 5.23. The monoisotopic (exact) mass is 230 g/mol. The van der Waals surface area contributed by atoms with Crippen LogP contribution in [0.3, 0.4) is 0 Å². The van der Waals surface area contributed by atoms with Crippen molar-refractivity contribution in [2.75, 3.05) is 13.7 Å². The van der Waals surface area contributed by atoms with Crippen LogP contribution in [0, 0.1) is 0 Å². The zero-order valence-corrected chi connectivity index (χ0v) is 9.54. The van der Waals surface area contributed by atoms with Gasteiger partial charge in [0.25, 0.3) is 0 Å². The average molecular weight is 230 g/mol. The fourth-order valence-corrected chi connectivity index (χ4v) is 2.02. The Labute approximate surface area is 92.6 Å². The highest BCUT2D eigenvalue weighted by molar-refractivity contribution is 8.00. The highest BCUT2D eigenvalue weighted by atomic mass is 32.2. The third-order valence-corrected chi connectivity index (χ3v) is 3.34. The van der Waals surface area contributed by atoms with Crippen molar-refractivity contribution in [2.24, 2.45) is 0 Å². The van der Waals surface area contributed by atoms with Crippen molar-refractivity contribution in [3.05, 3.63) is 24.2 Å². The molecule has 0 saturated heterocycles. The standard InChI is InChI=1S/C10H14O4S/c1-10(7-13-2,9(11)12)15-6-8-4-3-5-14-8/h3-5H,6-7H2,1-2H3,(H,11,12). The van der Waals surface area contributed by atoms with Crippen molar-refractivity contribution in [2.45, 2.75) is 17.4 Å². The number of ether oxygens (including phenoxy) is 1. The molecule has 84 valence electrons. The van der Waals surface area contributed by atoms with Crippen molar-refractivity contribution < 1.29 is 19.1 Å². The number of methoxy groups -OCH3 is 1. The van der Waals surface area contributed by atoms with Gasteiger partial charge in [-0.1, -0.05) is 0 Å². The quantitative estimate of drug-likeness (QED) is 0.810. The summed E-state index contributed by atoms with van der Waals surface area (Å²) in [6.45, 7) is 1.82. The molecule has 0 saturated carbocycles. The molecule has 1 aromatic heterocycles. The van der Waals surface area contributed by atoms with Crippen LogP contribution < -0.4 is 0 Å². The number of carbonyl (C=O) groups is 1. The smallest absolute Gasteiger partial charge is 0.321 e. The molecule has 0 amide bonds. The molecule has 0 bridgehead atoms. The van der Waals surface area contributed by atoms with Crippen molar-refractivity contribution in [3.63, 3.8) is 0 Å². The Morgan fingerprint density at radius 2 is 2.47 bits per heavy atom. The predicted octanol–water partition coefficient (Wildman–Crippen LogP) is 2.00. The molecule has 15 heavy (non-hydrogen) atoms. The largest absolute Gasteiger partial charge is 0.480 e. The van der Waals surface area contributed by atoms with Gasteiger partial charge in [0.1, 0.15) is 10.5 Å². The molecule has 0 fully saturated rings. The van der Waals surface area contributed by atoms with E-state index in [-0.39, 0.29) is 6.61 Å². The minimum absolute atomic E-state index is 0.174. The second-order valence-electron chi connectivity index (χ2n) is 3.34. The lowest BCUT2D eigenvalue weighted by Crippen LogP contribution is -2.36. The average Bonchev–Trinajstić information content (AvgIpc) is 2.67. The topological polar surface area (TPSA) is 59.7 Å². The molecule has 1 unspecified atom stereocenters. The Hall–Kier alpha value is -0.940. The molecule has 0 aliphatic carbocycles. The molecule has 4 nitrogen and oxygen atoms in total. The zero-order chi connectivity index (χ0) is 11.3. The van der Waals surface area contributed by atoms with Crippen LogP contribution in [-0.2, 0) is 15.3 Å². The van der Waals surface area contributed by atoms with Crippen LogP contribution in [0.25, 0.3) is 0 Å². The van der Waals surface area contributed by atoms with Gasteiger partial charge in [-0.15, -0.1) is 11.8 Å². The maximum atomic E-state index is 11.0. The van der Waals surface area contributed by atoms with Gasteiger partial charge in [0.15, 0.2) is 0 Å². The van der Waals surface area contributed by atoms with Gasteiger partial charge in [-0.05, 0) is 19.1 Å². The summed E-state index contributed by atoms with van der Waals surface area (Å²) < 4.78 is 9.11. The molecule has 0 aromatic carbocycles. The molecule has 1 rings (SSSR count). The number of hydrogen-bond acceptors (Lipinski definition) is 4. The summed E-state index contributed by atoms with van der Waals surface area (Å²) in [6, 6.07) is 3.60. The Morgan fingerprint density at radius 1 is 1.73 bits per heavy atom. The molecule has 1 heterocycles. The SMILES string of the molecule is COCC(C)(SCc1ccco1)C(=O)O. The van der Waals surface area contributed by atoms with Crippen molar-refractivity contribution in [1.82, 2.24) is 0 Å². The molecule has 1 atom stereocenters.